The Kier molecular flexibility index (Phi) is 4.96. The monoisotopic (exact) mass is 370 g/mol. The molecule has 136 valence electrons. The molecule has 26 heavy (non-hydrogen) atoms. The fraction of sp³-hybridized carbons (Fsp3) is 0.300. The zero-order valence-electron chi connectivity index (χ0n) is 15.0. The summed E-state index contributed by atoms with van der Waals surface area (Å²) in [6.45, 7) is 6.18. The molecule has 1 aliphatic rings. The third kappa shape index (κ3) is 4.02. The van der Waals surface area contributed by atoms with Crippen molar-refractivity contribution in [3.05, 3.63) is 48.0 Å². The molecule has 2 amide bonds. The Morgan fingerprint density at radius 2 is 1.96 bits per heavy atom. The van der Waals surface area contributed by atoms with Crippen LogP contribution in [0.25, 0.3) is 0 Å². The number of hydrogen-bond donors (Lipinski definition) is 3. The highest BCUT2D eigenvalue weighted by molar-refractivity contribution is 8.01. The minimum atomic E-state index is -0.502. The number of phenols is 1. The highest BCUT2D eigenvalue weighted by Crippen LogP contribution is 2.37. The summed E-state index contributed by atoms with van der Waals surface area (Å²) in [6.07, 6.45) is 0.0318. The van der Waals surface area contributed by atoms with E-state index in [1.165, 1.54) is 11.8 Å². The Bertz CT molecular complexity index is 858. The summed E-state index contributed by atoms with van der Waals surface area (Å²) in [5, 5.41) is 15.1. The van der Waals surface area contributed by atoms with Crippen molar-refractivity contribution in [2.24, 2.45) is 0 Å². The number of amides is 2. The molecule has 0 aromatic heterocycles. The Labute approximate surface area is 157 Å². The molecule has 2 aromatic carbocycles. The van der Waals surface area contributed by atoms with Crippen LogP contribution in [0.1, 0.15) is 32.8 Å². The number of carbonyl (C=O) groups is 2. The average molecular weight is 370 g/mol. The molecule has 3 rings (SSSR count). The zero-order chi connectivity index (χ0) is 18.9. The lowest BCUT2D eigenvalue weighted by molar-refractivity contribution is -0.120. The summed E-state index contributed by atoms with van der Waals surface area (Å²) in [5.41, 5.74) is 2.04. The van der Waals surface area contributed by atoms with Gasteiger partial charge in [-0.3, -0.25) is 9.59 Å². The van der Waals surface area contributed by atoms with Crippen molar-refractivity contribution in [2.45, 2.75) is 42.8 Å². The van der Waals surface area contributed by atoms with Gasteiger partial charge in [0.25, 0.3) is 0 Å². The first-order valence-electron chi connectivity index (χ1n) is 8.44. The van der Waals surface area contributed by atoms with Gasteiger partial charge in [0, 0.05) is 11.3 Å². The number of carbonyl (C=O) groups excluding carboxylic acids is 2. The van der Waals surface area contributed by atoms with Crippen LogP contribution in [0.4, 0.5) is 11.4 Å². The van der Waals surface area contributed by atoms with Crippen LogP contribution >= 0.6 is 11.8 Å². The quantitative estimate of drug-likeness (QED) is 0.710. The second-order valence-corrected chi connectivity index (χ2v) is 8.57. The van der Waals surface area contributed by atoms with Gasteiger partial charge in [0.1, 0.15) is 5.75 Å². The van der Waals surface area contributed by atoms with Crippen molar-refractivity contribution in [3.63, 3.8) is 0 Å². The molecule has 1 aliphatic heterocycles. The topological polar surface area (TPSA) is 78.4 Å². The molecule has 1 unspecified atom stereocenters. The molecule has 5 nitrogen and oxygen atoms in total. The van der Waals surface area contributed by atoms with Crippen molar-refractivity contribution in [3.8, 4) is 5.75 Å². The normalized spacial score (nSPS) is 16.6. The maximum absolute atomic E-state index is 12.4. The molecule has 2 aromatic rings. The fourth-order valence-electron chi connectivity index (χ4n) is 2.70. The number of thioether (sulfide) groups is 1. The molecule has 6 heteroatoms. The SMILES string of the molecule is CC(C)(C)c1ccc(O)c(NC(=O)CC2Sc3ccccc3NC2=O)c1. The van der Waals surface area contributed by atoms with Crippen molar-refractivity contribution in [1.82, 2.24) is 0 Å². The molecule has 0 saturated heterocycles. The predicted octanol–water partition coefficient (Wildman–Crippen LogP) is 4.13. The van der Waals surface area contributed by atoms with Gasteiger partial charge < -0.3 is 15.7 Å². The number of hydrogen-bond acceptors (Lipinski definition) is 4. The van der Waals surface area contributed by atoms with E-state index in [1.807, 2.05) is 30.3 Å². The molecule has 1 heterocycles. The third-order valence-corrected chi connectivity index (χ3v) is 5.49. The summed E-state index contributed by atoms with van der Waals surface area (Å²) in [7, 11) is 0. The molecule has 0 spiro atoms. The number of rotatable bonds is 3. The Balaban J connectivity index is 1.71. The van der Waals surface area contributed by atoms with Crippen LogP contribution in [0.15, 0.2) is 47.4 Å². The van der Waals surface area contributed by atoms with Crippen molar-refractivity contribution in [1.29, 1.82) is 0 Å². The van der Waals surface area contributed by atoms with E-state index < -0.39 is 5.25 Å². The molecule has 0 aliphatic carbocycles. The second-order valence-electron chi connectivity index (χ2n) is 7.33. The maximum Gasteiger partial charge on any atom is 0.238 e. The van der Waals surface area contributed by atoms with Gasteiger partial charge in [0.15, 0.2) is 0 Å². The fourth-order valence-corrected chi connectivity index (χ4v) is 3.81. The van der Waals surface area contributed by atoms with Crippen molar-refractivity contribution >= 4 is 35.0 Å². The van der Waals surface area contributed by atoms with E-state index >= 15 is 0 Å². The predicted molar refractivity (Wildman–Crippen MR) is 105 cm³/mol. The van der Waals surface area contributed by atoms with Crippen LogP contribution in [0, 0.1) is 0 Å². The Hall–Kier alpha value is -2.47. The van der Waals surface area contributed by atoms with E-state index in [9.17, 15) is 14.7 Å². The van der Waals surface area contributed by atoms with Crippen LogP contribution < -0.4 is 10.6 Å². The first-order chi connectivity index (χ1) is 12.2. The Morgan fingerprint density at radius 1 is 1.23 bits per heavy atom. The minimum absolute atomic E-state index is 0.0115. The number of phenolic OH excluding ortho intramolecular Hbond substituents is 1. The maximum atomic E-state index is 12.4. The summed E-state index contributed by atoms with van der Waals surface area (Å²) in [6, 6.07) is 12.7. The van der Waals surface area contributed by atoms with Crippen LogP contribution in [-0.2, 0) is 15.0 Å². The molecule has 3 N–H and O–H groups in total. The Morgan fingerprint density at radius 3 is 2.69 bits per heavy atom. The summed E-state index contributed by atoms with van der Waals surface area (Å²) >= 11 is 1.38. The van der Waals surface area contributed by atoms with E-state index in [0.717, 1.165) is 16.1 Å². The number of nitrogens with one attached hydrogen (secondary N) is 2. The minimum Gasteiger partial charge on any atom is -0.506 e. The van der Waals surface area contributed by atoms with Crippen LogP contribution in [0.3, 0.4) is 0 Å². The lowest BCUT2D eigenvalue weighted by atomic mass is 9.87. The molecule has 0 bridgehead atoms. The lowest BCUT2D eigenvalue weighted by Crippen LogP contribution is -2.32. The molecule has 0 radical (unpaired) electrons. The van der Waals surface area contributed by atoms with Crippen LogP contribution in [-0.4, -0.2) is 22.2 Å². The number of fused-ring (bicyclic) bond motifs is 1. The van der Waals surface area contributed by atoms with E-state index in [0.29, 0.717) is 5.69 Å². The average Bonchev–Trinajstić information content (AvgIpc) is 2.56. The number of aromatic hydroxyl groups is 1. The van der Waals surface area contributed by atoms with Gasteiger partial charge in [-0.15, -0.1) is 11.8 Å². The van der Waals surface area contributed by atoms with Gasteiger partial charge in [-0.25, -0.2) is 0 Å². The van der Waals surface area contributed by atoms with E-state index in [2.05, 4.69) is 31.4 Å². The summed E-state index contributed by atoms with van der Waals surface area (Å²) in [5.74, 6) is -0.479. The smallest absolute Gasteiger partial charge is 0.238 e. The van der Waals surface area contributed by atoms with Crippen LogP contribution in [0.5, 0.6) is 5.75 Å². The first kappa shape index (κ1) is 18.3. The summed E-state index contributed by atoms with van der Waals surface area (Å²) < 4.78 is 0. The highest BCUT2D eigenvalue weighted by Gasteiger charge is 2.29. The van der Waals surface area contributed by atoms with Crippen molar-refractivity contribution < 1.29 is 14.7 Å². The molecular weight excluding hydrogens is 348 g/mol. The van der Waals surface area contributed by atoms with E-state index in [-0.39, 0.29) is 29.4 Å². The standard InChI is InChI=1S/C20H22N2O3S/c1-20(2,3)12-8-9-15(23)14(10-12)21-18(24)11-17-19(25)22-13-6-4-5-7-16(13)26-17/h4-10,17,23H,11H2,1-3H3,(H,21,24)(H,22,25). The van der Waals surface area contributed by atoms with E-state index in [1.54, 1.807) is 12.1 Å². The second kappa shape index (κ2) is 7.03. The third-order valence-electron chi connectivity index (χ3n) is 4.21. The van der Waals surface area contributed by atoms with Gasteiger partial charge in [0.05, 0.1) is 16.6 Å². The van der Waals surface area contributed by atoms with Gasteiger partial charge in [0.2, 0.25) is 11.8 Å². The molecule has 1 atom stereocenters. The van der Waals surface area contributed by atoms with Crippen molar-refractivity contribution in [2.75, 3.05) is 10.6 Å². The van der Waals surface area contributed by atoms with Gasteiger partial charge in [-0.1, -0.05) is 39.0 Å². The largest absolute Gasteiger partial charge is 0.506 e. The highest BCUT2D eigenvalue weighted by atomic mass is 32.2. The summed E-state index contributed by atoms with van der Waals surface area (Å²) in [4.78, 5) is 25.6. The molecular formula is C20H22N2O3S. The zero-order valence-corrected chi connectivity index (χ0v) is 15.8. The molecule has 0 fully saturated rings. The number of anilines is 2. The first-order valence-corrected chi connectivity index (χ1v) is 9.32. The van der Waals surface area contributed by atoms with Gasteiger partial charge in [-0.05, 0) is 35.2 Å². The van der Waals surface area contributed by atoms with Gasteiger partial charge >= 0.3 is 0 Å². The van der Waals surface area contributed by atoms with Crippen LogP contribution in [0.2, 0.25) is 0 Å². The van der Waals surface area contributed by atoms with E-state index in [4.69, 9.17) is 0 Å². The molecule has 0 saturated carbocycles. The lowest BCUT2D eigenvalue weighted by Gasteiger charge is -2.24. The number of benzene rings is 2. The number of para-hydroxylation sites is 1. The van der Waals surface area contributed by atoms with Gasteiger partial charge in [-0.2, -0.15) is 0 Å².